The maximum absolute atomic E-state index is 12.8. The van der Waals surface area contributed by atoms with Crippen molar-refractivity contribution in [2.24, 2.45) is 5.16 Å². The number of amides is 2. The van der Waals surface area contributed by atoms with Crippen molar-refractivity contribution in [3.8, 4) is 0 Å². The number of carboxylic acids is 1. The van der Waals surface area contributed by atoms with Gasteiger partial charge in [-0.15, -0.1) is 23.1 Å². The molecule has 4 heterocycles. The number of aliphatic carboxylic acids is 1. The van der Waals surface area contributed by atoms with Crippen LogP contribution in [0.3, 0.4) is 0 Å². The number of fused-ring (bicyclic) bond motifs is 1. The van der Waals surface area contributed by atoms with Gasteiger partial charge in [-0.05, 0) is 11.6 Å². The highest BCUT2D eigenvalue weighted by Crippen LogP contribution is 2.40. The number of carbonyl (C=O) groups is 3. The van der Waals surface area contributed by atoms with Crippen molar-refractivity contribution in [1.82, 2.24) is 15.2 Å². The van der Waals surface area contributed by atoms with E-state index in [0.29, 0.717) is 17.9 Å². The van der Waals surface area contributed by atoms with E-state index in [2.05, 4.69) is 15.5 Å². The minimum absolute atomic E-state index is 0.139. The molecular weight excluding hydrogens is 480 g/mol. The molecule has 1 saturated heterocycles. The largest absolute Gasteiger partial charge is 0.543 e. The van der Waals surface area contributed by atoms with Gasteiger partial charge in [0.05, 0.1) is 11.7 Å². The number of nitrogens with zero attached hydrogens (tertiary/aromatic N) is 4. The Morgan fingerprint density at radius 3 is 2.82 bits per heavy atom. The molecule has 0 spiro atoms. The van der Waals surface area contributed by atoms with Gasteiger partial charge in [-0.25, -0.2) is 9.55 Å². The van der Waals surface area contributed by atoms with Crippen molar-refractivity contribution in [3.63, 3.8) is 0 Å². The summed E-state index contributed by atoms with van der Waals surface area (Å²) in [5, 5.41) is 19.4. The molecule has 0 bridgehead atoms. The third-order valence-corrected chi connectivity index (χ3v) is 7.03. The Balaban J connectivity index is 1.49. The van der Waals surface area contributed by atoms with Crippen LogP contribution in [-0.2, 0) is 25.8 Å². The second-order valence-corrected chi connectivity index (χ2v) is 9.19. The number of hydrogen-bond donors (Lipinski definition) is 2. The van der Waals surface area contributed by atoms with Crippen LogP contribution in [0.15, 0.2) is 64.6 Å². The highest BCUT2D eigenvalue weighted by atomic mass is 32.2. The van der Waals surface area contributed by atoms with Gasteiger partial charge in [0.1, 0.15) is 24.2 Å². The number of carboxylic acid groups (broad SMARTS) is 1. The summed E-state index contributed by atoms with van der Waals surface area (Å²) in [6, 6.07) is 4.74. The third-order valence-electron chi connectivity index (χ3n) is 5.05. The number of nitrogens with one attached hydrogen (secondary N) is 1. The quantitative estimate of drug-likeness (QED) is 0.203. The van der Waals surface area contributed by atoms with E-state index in [0.717, 1.165) is 16.2 Å². The van der Waals surface area contributed by atoms with Crippen LogP contribution in [0.1, 0.15) is 5.69 Å². The first-order valence-corrected chi connectivity index (χ1v) is 12.0. The molecule has 2 atom stereocenters. The Morgan fingerprint density at radius 2 is 2.18 bits per heavy atom. The first-order valence-electron chi connectivity index (χ1n) is 10.0. The number of anilines is 1. The summed E-state index contributed by atoms with van der Waals surface area (Å²) in [4.78, 5) is 47.4. The lowest BCUT2D eigenvalue weighted by molar-refractivity contribution is -0.687. The van der Waals surface area contributed by atoms with Crippen LogP contribution in [0.4, 0.5) is 5.13 Å². The Morgan fingerprint density at radius 1 is 1.41 bits per heavy atom. The number of aromatic nitrogens is 2. The van der Waals surface area contributed by atoms with Gasteiger partial charge >= 0.3 is 0 Å². The molecule has 0 radical (unpaired) electrons. The molecule has 0 aliphatic carbocycles. The van der Waals surface area contributed by atoms with Crippen LogP contribution in [0.25, 0.3) is 0 Å². The van der Waals surface area contributed by atoms with Crippen LogP contribution < -0.4 is 20.7 Å². The molecule has 2 aromatic heterocycles. The van der Waals surface area contributed by atoms with Gasteiger partial charge in [0.25, 0.3) is 11.8 Å². The summed E-state index contributed by atoms with van der Waals surface area (Å²) >= 11 is 2.47. The highest BCUT2D eigenvalue weighted by molar-refractivity contribution is 8.00. The van der Waals surface area contributed by atoms with E-state index in [1.807, 2.05) is 41.2 Å². The Kier molecular flexibility index (Phi) is 6.93. The average Bonchev–Trinajstić information content (AvgIpc) is 3.26. The lowest BCUT2D eigenvalue weighted by atomic mass is 10.0. The van der Waals surface area contributed by atoms with E-state index in [-0.39, 0.29) is 22.2 Å². The number of allylic oxidation sites excluding steroid dienone is 2. The predicted octanol–water partition coefficient (Wildman–Crippen LogP) is -0.976. The molecule has 1 unspecified atom stereocenters. The predicted molar refractivity (Wildman–Crippen MR) is 123 cm³/mol. The molecule has 0 saturated carbocycles. The average molecular weight is 501 g/mol. The normalized spacial score (nSPS) is 20.2. The van der Waals surface area contributed by atoms with E-state index >= 15 is 0 Å². The number of hydrogen-bond acceptors (Lipinski definition) is 10. The van der Waals surface area contributed by atoms with Crippen molar-refractivity contribution < 1.29 is 28.9 Å². The number of nitrogens with two attached hydrogens (primary N) is 1. The SMILES string of the molecule is CO/N=C(\C(=O)NC1C(=O)N2C(C(=O)[O-])=C(/C=C/C[n+]3ccccc3)CS[C@H]12)c1csc(N)n1. The molecule has 176 valence electrons. The van der Waals surface area contributed by atoms with Crippen LogP contribution in [0.2, 0.25) is 0 Å². The zero-order valence-corrected chi connectivity index (χ0v) is 19.5. The van der Waals surface area contributed by atoms with Gasteiger partial charge < -0.3 is 25.8 Å². The molecule has 4 rings (SSSR count). The first-order chi connectivity index (χ1) is 16.4. The van der Waals surface area contributed by atoms with E-state index in [1.165, 1.54) is 18.9 Å². The maximum Gasteiger partial charge on any atom is 0.276 e. The summed E-state index contributed by atoms with van der Waals surface area (Å²) < 4.78 is 1.92. The molecule has 2 aliphatic heterocycles. The second kappa shape index (κ2) is 10.1. The van der Waals surface area contributed by atoms with Crippen LogP contribution in [-0.4, -0.2) is 57.7 Å². The van der Waals surface area contributed by atoms with Gasteiger partial charge in [-0.1, -0.05) is 17.3 Å². The number of rotatable bonds is 8. The zero-order valence-electron chi connectivity index (χ0n) is 17.9. The fraction of sp³-hybridized carbons (Fsp3) is 0.238. The van der Waals surface area contributed by atoms with Crippen LogP contribution in [0, 0.1) is 0 Å². The summed E-state index contributed by atoms with van der Waals surface area (Å²) in [5.74, 6) is -2.35. The number of pyridine rings is 1. The second-order valence-electron chi connectivity index (χ2n) is 7.19. The van der Waals surface area contributed by atoms with Crippen molar-refractivity contribution >= 4 is 51.7 Å². The van der Waals surface area contributed by atoms with Crippen molar-refractivity contribution in [3.05, 3.63) is 65.1 Å². The van der Waals surface area contributed by atoms with Crippen molar-refractivity contribution in [2.45, 2.75) is 18.0 Å². The Bertz CT molecular complexity index is 1210. The third kappa shape index (κ3) is 4.65. The molecule has 2 aliphatic rings. The highest BCUT2D eigenvalue weighted by Gasteiger charge is 2.53. The molecule has 1 fully saturated rings. The van der Waals surface area contributed by atoms with Gasteiger partial charge in [0.2, 0.25) is 0 Å². The minimum Gasteiger partial charge on any atom is -0.543 e. The first kappa shape index (κ1) is 23.4. The number of β-lactam (4-membered cyclic amide) rings is 1. The smallest absolute Gasteiger partial charge is 0.276 e. The summed E-state index contributed by atoms with van der Waals surface area (Å²) in [6.45, 7) is 0.536. The van der Waals surface area contributed by atoms with Gasteiger partial charge in [0, 0.05) is 23.3 Å². The molecule has 2 amide bonds. The monoisotopic (exact) mass is 500 g/mol. The van der Waals surface area contributed by atoms with Crippen LogP contribution >= 0.6 is 23.1 Å². The Labute approximate surface area is 202 Å². The zero-order chi connectivity index (χ0) is 24.2. The lowest BCUT2D eigenvalue weighted by Crippen LogP contribution is -2.71. The lowest BCUT2D eigenvalue weighted by Gasteiger charge is -2.50. The maximum atomic E-state index is 12.8. The summed E-state index contributed by atoms with van der Waals surface area (Å²) in [5.41, 5.74) is 5.98. The minimum atomic E-state index is -1.45. The number of nitrogen functional groups attached to an aromatic ring is 1. The fourth-order valence-electron chi connectivity index (χ4n) is 3.53. The topological polar surface area (TPSA) is 154 Å². The molecule has 11 nitrogen and oxygen atoms in total. The molecule has 3 N–H and O–H groups in total. The van der Waals surface area contributed by atoms with Crippen molar-refractivity contribution in [2.75, 3.05) is 18.6 Å². The molecule has 34 heavy (non-hydrogen) atoms. The molecule has 2 aromatic rings. The van der Waals surface area contributed by atoms with Gasteiger partial charge in [-0.3, -0.25) is 14.5 Å². The van der Waals surface area contributed by atoms with E-state index in [4.69, 9.17) is 10.6 Å². The van der Waals surface area contributed by atoms with Gasteiger partial charge in [0.15, 0.2) is 29.8 Å². The molecule has 13 heteroatoms. The number of oxime groups is 1. The van der Waals surface area contributed by atoms with E-state index in [9.17, 15) is 19.5 Å². The standard InChI is InChI=1S/C21H20N6O5S2/c1-32-25-14(13-11-34-21(22)23-13)17(28)24-15-18(29)27-16(20(30)31)12(10-33-19(15)27)6-5-9-26-7-3-2-4-8-26/h2-8,11,15,19H,9-10H2,1H3,(H3-,22,23,24,28,30,31)/b6-5+,25-14-/t15?,19-/m1/s1. The Hall–Kier alpha value is -3.71. The molecule has 0 aromatic carbocycles. The summed E-state index contributed by atoms with van der Waals surface area (Å²) in [6.07, 6.45) is 7.27. The fourth-order valence-corrected chi connectivity index (χ4v) is 5.40. The number of carbonyl (C=O) groups excluding carboxylic acids is 3. The number of thioether (sulfide) groups is 1. The molecular formula is C21H20N6O5S2. The van der Waals surface area contributed by atoms with Gasteiger partial charge in [-0.2, -0.15) is 0 Å². The summed E-state index contributed by atoms with van der Waals surface area (Å²) in [7, 11) is 1.28. The van der Waals surface area contributed by atoms with Crippen LogP contribution in [0.5, 0.6) is 0 Å². The van der Waals surface area contributed by atoms with E-state index in [1.54, 1.807) is 11.5 Å². The van der Waals surface area contributed by atoms with E-state index < -0.39 is 29.2 Å². The number of thiazole rings is 1. The van der Waals surface area contributed by atoms with Crippen molar-refractivity contribution in [1.29, 1.82) is 0 Å².